The number of aryl methyl sites for hydroxylation is 2. The third kappa shape index (κ3) is 8.20. The molecule has 0 fully saturated rings. The SMILES string of the molecule is CC.Cc1cccc(C(C)C)c1.Cc1ccccc1. The average Bonchev–Trinajstić information content (AvgIpc) is 2.42. The van der Waals surface area contributed by atoms with Crippen molar-refractivity contribution in [2.75, 3.05) is 0 Å². The highest BCUT2D eigenvalue weighted by atomic mass is 14.0. The minimum atomic E-state index is 0.653. The molecule has 0 bridgehead atoms. The zero-order chi connectivity index (χ0) is 14.7. The molecule has 0 aromatic heterocycles. The van der Waals surface area contributed by atoms with Crippen LogP contribution in [0.15, 0.2) is 54.6 Å². The second-order valence-electron chi connectivity index (χ2n) is 4.72. The van der Waals surface area contributed by atoms with Crippen molar-refractivity contribution in [3.05, 3.63) is 71.3 Å². The lowest BCUT2D eigenvalue weighted by molar-refractivity contribution is 0.865. The van der Waals surface area contributed by atoms with Gasteiger partial charge in [-0.2, -0.15) is 0 Å². The highest BCUT2D eigenvalue weighted by Crippen LogP contribution is 2.14. The standard InChI is InChI=1S/C10H14.C7H8.C2H6/c1-8(2)10-6-4-5-9(3)7-10;1-7-5-3-2-4-6-7;1-2/h4-8H,1-3H3;2-6H,1H3;1-2H3. The van der Waals surface area contributed by atoms with Crippen LogP contribution >= 0.6 is 0 Å². The number of hydrogen-bond donors (Lipinski definition) is 0. The van der Waals surface area contributed by atoms with Crippen LogP contribution in [0.3, 0.4) is 0 Å². The van der Waals surface area contributed by atoms with Gasteiger partial charge in [-0.3, -0.25) is 0 Å². The Morgan fingerprint density at radius 1 is 0.684 bits per heavy atom. The maximum absolute atomic E-state index is 2.24. The van der Waals surface area contributed by atoms with Crippen LogP contribution in [0.5, 0.6) is 0 Å². The van der Waals surface area contributed by atoms with E-state index in [0.717, 1.165) is 0 Å². The largest absolute Gasteiger partial charge is 0.0683 e. The van der Waals surface area contributed by atoms with Crippen molar-refractivity contribution in [3.8, 4) is 0 Å². The van der Waals surface area contributed by atoms with E-state index in [4.69, 9.17) is 0 Å². The van der Waals surface area contributed by atoms with E-state index in [1.54, 1.807) is 0 Å². The van der Waals surface area contributed by atoms with E-state index in [9.17, 15) is 0 Å². The molecular weight excluding hydrogens is 228 g/mol. The van der Waals surface area contributed by atoms with Crippen molar-refractivity contribution in [1.29, 1.82) is 0 Å². The molecule has 2 aromatic rings. The van der Waals surface area contributed by atoms with Gasteiger partial charge < -0.3 is 0 Å². The molecule has 2 rings (SSSR count). The van der Waals surface area contributed by atoms with Gasteiger partial charge in [0.1, 0.15) is 0 Å². The molecule has 0 amide bonds. The van der Waals surface area contributed by atoms with Crippen LogP contribution in [0.1, 0.15) is 50.3 Å². The lowest BCUT2D eigenvalue weighted by Gasteiger charge is -2.04. The molecule has 0 unspecified atom stereocenters. The fourth-order valence-corrected chi connectivity index (χ4v) is 1.56. The Labute approximate surface area is 119 Å². The summed E-state index contributed by atoms with van der Waals surface area (Å²) < 4.78 is 0. The molecule has 0 atom stereocenters. The van der Waals surface area contributed by atoms with Gasteiger partial charge in [-0.1, -0.05) is 93.4 Å². The fourth-order valence-electron chi connectivity index (χ4n) is 1.56. The summed E-state index contributed by atoms with van der Waals surface area (Å²) in [6.45, 7) is 12.6. The van der Waals surface area contributed by atoms with Gasteiger partial charge in [0.05, 0.1) is 0 Å². The molecule has 0 saturated heterocycles. The summed E-state index contributed by atoms with van der Waals surface area (Å²) in [7, 11) is 0. The molecule has 0 heteroatoms. The Bertz CT molecular complexity index is 427. The maximum atomic E-state index is 2.24. The van der Waals surface area contributed by atoms with Crippen molar-refractivity contribution in [2.24, 2.45) is 0 Å². The zero-order valence-corrected chi connectivity index (χ0v) is 13.3. The predicted octanol–water partition coefficient (Wildman–Crippen LogP) is 6.14. The second-order valence-corrected chi connectivity index (χ2v) is 4.72. The van der Waals surface area contributed by atoms with Gasteiger partial charge in [0, 0.05) is 0 Å². The van der Waals surface area contributed by atoms with Crippen LogP contribution in [0, 0.1) is 13.8 Å². The molecule has 19 heavy (non-hydrogen) atoms. The molecule has 0 saturated carbocycles. The monoisotopic (exact) mass is 256 g/mol. The number of hydrogen-bond acceptors (Lipinski definition) is 0. The second kappa shape index (κ2) is 10.4. The molecular formula is C19H28. The first kappa shape index (κ1) is 17.4. The average molecular weight is 256 g/mol. The summed E-state index contributed by atoms with van der Waals surface area (Å²) in [5.74, 6) is 0.653. The summed E-state index contributed by atoms with van der Waals surface area (Å²) >= 11 is 0. The third-order valence-corrected chi connectivity index (χ3v) is 2.65. The summed E-state index contributed by atoms with van der Waals surface area (Å²) in [5.41, 5.74) is 4.11. The molecule has 0 aliphatic heterocycles. The molecule has 2 aromatic carbocycles. The molecule has 0 aliphatic rings. The Morgan fingerprint density at radius 3 is 1.53 bits per heavy atom. The Kier molecular flexibility index (Phi) is 9.52. The van der Waals surface area contributed by atoms with Gasteiger partial charge >= 0.3 is 0 Å². The van der Waals surface area contributed by atoms with Gasteiger partial charge in [-0.05, 0) is 25.3 Å². The van der Waals surface area contributed by atoms with Crippen LogP contribution < -0.4 is 0 Å². The molecule has 0 aliphatic carbocycles. The van der Waals surface area contributed by atoms with Crippen molar-refractivity contribution in [1.82, 2.24) is 0 Å². The number of rotatable bonds is 1. The van der Waals surface area contributed by atoms with Crippen molar-refractivity contribution >= 4 is 0 Å². The molecule has 104 valence electrons. The van der Waals surface area contributed by atoms with E-state index in [0.29, 0.717) is 5.92 Å². The van der Waals surface area contributed by atoms with Crippen molar-refractivity contribution < 1.29 is 0 Å². The van der Waals surface area contributed by atoms with Crippen LogP contribution in [-0.4, -0.2) is 0 Å². The summed E-state index contributed by atoms with van der Waals surface area (Å²) in [4.78, 5) is 0. The first-order valence-electron chi connectivity index (χ1n) is 7.18. The van der Waals surface area contributed by atoms with Gasteiger partial charge in [0.2, 0.25) is 0 Å². The lowest BCUT2D eigenvalue weighted by atomic mass is 10.0. The van der Waals surface area contributed by atoms with Gasteiger partial charge in [0.25, 0.3) is 0 Å². The van der Waals surface area contributed by atoms with Crippen LogP contribution in [-0.2, 0) is 0 Å². The van der Waals surface area contributed by atoms with E-state index < -0.39 is 0 Å². The fraction of sp³-hybridized carbons (Fsp3) is 0.368. The molecule has 0 nitrogen and oxygen atoms in total. The first-order chi connectivity index (χ1) is 9.09. The highest BCUT2D eigenvalue weighted by Gasteiger charge is 1.96. The van der Waals surface area contributed by atoms with E-state index in [2.05, 4.69) is 64.1 Å². The molecule has 0 radical (unpaired) electrons. The summed E-state index contributed by atoms with van der Waals surface area (Å²) in [6.07, 6.45) is 0. The van der Waals surface area contributed by atoms with Crippen LogP contribution in [0.2, 0.25) is 0 Å². The van der Waals surface area contributed by atoms with E-state index in [1.165, 1.54) is 16.7 Å². The summed E-state index contributed by atoms with van der Waals surface area (Å²) in [5, 5.41) is 0. The third-order valence-electron chi connectivity index (χ3n) is 2.65. The topological polar surface area (TPSA) is 0 Å². The van der Waals surface area contributed by atoms with E-state index in [-0.39, 0.29) is 0 Å². The first-order valence-corrected chi connectivity index (χ1v) is 7.18. The molecule has 0 N–H and O–H groups in total. The minimum absolute atomic E-state index is 0.653. The van der Waals surface area contributed by atoms with E-state index >= 15 is 0 Å². The van der Waals surface area contributed by atoms with Crippen molar-refractivity contribution in [3.63, 3.8) is 0 Å². The Balaban J connectivity index is 0.000000316. The Morgan fingerprint density at radius 2 is 1.21 bits per heavy atom. The molecule has 0 heterocycles. The van der Waals surface area contributed by atoms with E-state index in [1.807, 2.05) is 32.0 Å². The van der Waals surface area contributed by atoms with Crippen LogP contribution in [0.25, 0.3) is 0 Å². The van der Waals surface area contributed by atoms with Crippen LogP contribution in [0.4, 0.5) is 0 Å². The molecule has 0 spiro atoms. The number of benzene rings is 2. The minimum Gasteiger partial charge on any atom is -0.0683 e. The van der Waals surface area contributed by atoms with Gasteiger partial charge in [-0.25, -0.2) is 0 Å². The maximum Gasteiger partial charge on any atom is -0.0219 e. The van der Waals surface area contributed by atoms with Crippen molar-refractivity contribution in [2.45, 2.75) is 47.5 Å². The van der Waals surface area contributed by atoms with Gasteiger partial charge in [0.15, 0.2) is 0 Å². The smallest absolute Gasteiger partial charge is 0.0219 e. The predicted molar refractivity (Wildman–Crippen MR) is 87.8 cm³/mol. The van der Waals surface area contributed by atoms with Gasteiger partial charge in [-0.15, -0.1) is 0 Å². The normalized spacial score (nSPS) is 9.00. The summed E-state index contributed by atoms with van der Waals surface area (Å²) in [6, 6.07) is 18.9. The highest BCUT2D eigenvalue weighted by molar-refractivity contribution is 5.24. The Hall–Kier alpha value is -1.56. The zero-order valence-electron chi connectivity index (χ0n) is 13.3. The quantitative estimate of drug-likeness (QED) is 0.575. The lowest BCUT2D eigenvalue weighted by Crippen LogP contribution is -1.86.